The van der Waals surface area contributed by atoms with Crippen LogP contribution in [0.4, 0.5) is 0 Å². The molecule has 1 saturated carbocycles. The lowest BCUT2D eigenvalue weighted by Gasteiger charge is -2.34. The van der Waals surface area contributed by atoms with Crippen molar-refractivity contribution in [2.75, 3.05) is 6.54 Å². The molecule has 3 heterocycles. The van der Waals surface area contributed by atoms with Crippen molar-refractivity contribution in [3.05, 3.63) is 64.9 Å². The van der Waals surface area contributed by atoms with Gasteiger partial charge < -0.3 is 9.47 Å². The fourth-order valence-corrected chi connectivity index (χ4v) is 4.27. The molecule has 1 amide bonds. The summed E-state index contributed by atoms with van der Waals surface area (Å²) < 4.78 is 2.03. The van der Waals surface area contributed by atoms with Crippen LogP contribution < -0.4 is 0 Å². The molecule has 1 aromatic carbocycles. The highest BCUT2D eigenvalue weighted by atomic mass is 35.5. The number of imidazole rings is 1. The molecule has 1 aliphatic heterocycles. The third-order valence-electron chi connectivity index (χ3n) is 5.18. The van der Waals surface area contributed by atoms with E-state index in [0.717, 1.165) is 17.8 Å². The Morgan fingerprint density at radius 3 is 2.62 bits per heavy atom. The normalized spacial score (nSPS) is 19.2. The van der Waals surface area contributed by atoms with E-state index in [0.29, 0.717) is 12.5 Å². The average Bonchev–Trinajstić information content (AvgIpc) is 3.10. The molecule has 0 saturated heterocycles. The van der Waals surface area contributed by atoms with Gasteiger partial charge in [-0.1, -0.05) is 24.3 Å². The van der Waals surface area contributed by atoms with Crippen molar-refractivity contribution in [3.8, 4) is 11.1 Å². The van der Waals surface area contributed by atoms with Gasteiger partial charge in [-0.2, -0.15) is 11.3 Å². The Balaban J connectivity index is 0.00000168. The van der Waals surface area contributed by atoms with Crippen LogP contribution in [0, 0.1) is 5.92 Å². The first-order chi connectivity index (χ1) is 12.3. The summed E-state index contributed by atoms with van der Waals surface area (Å²) in [5, 5.41) is 4.23. The Labute approximate surface area is 162 Å². The van der Waals surface area contributed by atoms with Crippen LogP contribution in [0.15, 0.2) is 53.6 Å². The molecular weight excluding hydrogens is 366 g/mol. The van der Waals surface area contributed by atoms with Crippen molar-refractivity contribution in [2.45, 2.75) is 25.4 Å². The maximum Gasteiger partial charge on any atom is 0.250 e. The van der Waals surface area contributed by atoms with Gasteiger partial charge in [0.05, 0.1) is 18.6 Å². The number of hydrogen-bond donors (Lipinski definition) is 0. The Hall–Kier alpha value is -2.11. The maximum atomic E-state index is 13.1. The molecule has 0 bridgehead atoms. The van der Waals surface area contributed by atoms with E-state index in [1.54, 1.807) is 17.7 Å². The van der Waals surface area contributed by atoms with E-state index >= 15 is 0 Å². The highest BCUT2D eigenvalue weighted by molar-refractivity contribution is 7.08. The van der Waals surface area contributed by atoms with Gasteiger partial charge in [0.15, 0.2) is 0 Å². The van der Waals surface area contributed by atoms with E-state index < -0.39 is 0 Å². The molecular formula is C20H20ClN3OS. The van der Waals surface area contributed by atoms with Crippen LogP contribution in [-0.2, 0) is 11.3 Å². The zero-order valence-electron chi connectivity index (χ0n) is 14.2. The number of hydrogen-bond acceptors (Lipinski definition) is 3. The SMILES string of the molecule is Cl.O=C1C(c2ccc(-c3ccsc3)cc2)n2cncc2CN1CC1CC1. The number of benzene rings is 1. The molecule has 2 aromatic heterocycles. The zero-order chi connectivity index (χ0) is 16.8. The fraction of sp³-hybridized carbons (Fsp3) is 0.300. The summed E-state index contributed by atoms with van der Waals surface area (Å²) in [7, 11) is 0. The number of nitrogens with zero attached hydrogens (tertiary/aromatic N) is 3. The van der Waals surface area contributed by atoms with Crippen molar-refractivity contribution in [3.63, 3.8) is 0 Å². The molecule has 0 N–H and O–H groups in total. The van der Waals surface area contributed by atoms with Crippen molar-refractivity contribution >= 4 is 29.7 Å². The molecule has 3 aromatic rings. The van der Waals surface area contributed by atoms with Crippen LogP contribution in [0.5, 0.6) is 0 Å². The highest BCUT2D eigenvalue weighted by Crippen LogP contribution is 2.35. The van der Waals surface area contributed by atoms with Crippen molar-refractivity contribution in [2.24, 2.45) is 5.92 Å². The van der Waals surface area contributed by atoms with Gasteiger partial charge in [-0.3, -0.25) is 4.79 Å². The average molecular weight is 386 g/mol. The predicted octanol–water partition coefficient (Wildman–Crippen LogP) is 4.38. The van der Waals surface area contributed by atoms with Crippen LogP contribution in [0.1, 0.15) is 30.1 Å². The fourth-order valence-electron chi connectivity index (χ4n) is 3.61. The van der Waals surface area contributed by atoms with Gasteiger partial charge in [0, 0.05) is 12.7 Å². The highest BCUT2D eigenvalue weighted by Gasteiger charge is 2.36. The number of amides is 1. The molecule has 1 unspecified atom stereocenters. The van der Waals surface area contributed by atoms with E-state index in [1.807, 2.05) is 15.7 Å². The molecule has 134 valence electrons. The lowest BCUT2D eigenvalue weighted by Crippen LogP contribution is -2.43. The maximum absolute atomic E-state index is 13.1. The second-order valence-corrected chi connectivity index (χ2v) is 7.77. The smallest absolute Gasteiger partial charge is 0.250 e. The first kappa shape index (κ1) is 17.3. The summed E-state index contributed by atoms with van der Waals surface area (Å²) in [5.41, 5.74) is 4.56. The summed E-state index contributed by atoms with van der Waals surface area (Å²) in [6.45, 7) is 1.56. The van der Waals surface area contributed by atoms with Gasteiger partial charge in [-0.25, -0.2) is 4.98 Å². The van der Waals surface area contributed by atoms with Crippen LogP contribution in [0.3, 0.4) is 0 Å². The predicted molar refractivity (Wildman–Crippen MR) is 106 cm³/mol. The Kier molecular flexibility index (Phi) is 4.59. The number of fused-ring (bicyclic) bond motifs is 1. The van der Waals surface area contributed by atoms with Gasteiger partial charge >= 0.3 is 0 Å². The second kappa shape index (κ2) is 6.89. The number of carbonyl (C=O) groups excluding carboxylic acids is 1. The first-order valence-corrected chi connectivity index (χ1v) is 9.66. The van der Waals surface area contributed by atoms with Gasteiger partial charge in [-0.15, -0.1) is 12.4 Å². The molecule has 6 heteroatoms. The molecule has 26 heavy (non-hydrogen) atoms. The minimum atomic E-state index is -0.290. The summed E-state index contributed by atoms with van der Waals surface area (Å²) >= 11 is 1.70. The third kappa shape index (κ3) is 3.06. The first-order valence-electron chi connectivity index (χ1n) is 8.71. The molecule has 2 aliphatic rings. The summed E-state index contributed by atoms with van der Waals surface area (Å²) in [6.07, 6.45) is 6.18. The lowest BCUT2D eigenvalue weighted by molar-refractivity contribution is -0.136. The van der Waals surface area contributed by atoms with Gasteiger partial charge in [0.25, 0.3) is 5.91 Å². The quantitative estimate of drug-likeness (QED) is 0.668. The molecule has 1 atom stereocenters. The largest absolute Gasteiger partial charge is 0.334 e. The molecule has 5 rings (SSSR count). The zero-order valence-corrected chi connectivity index (χ0v) is 15.9. The van der Waals surface area contributed by atoms with Crippen molar-refractivity contribution < 1.29 is 4.79 Å². The standard InChI is InChI=1S/C20H19N3OS.ClH/c24-20-19(16-5-3-15(4-6-16)17-7-8-25-12-17)23-13-21-9-18(23)11-22(20)10-14-1-2-14;/h3-9,12-14,19H,1-2,10-11H2;1H. The van der Waals surface area contributed by atoms with Gasteiger partial charge in [0.1, 0.15) is 6.04 Å². The molecule has 4 nitrogen and oxygen atoms in total. The van der Waals surface area contributed by atoms with Crippen LogP contribution in [-0.4, -0.2) is 26.9 Å². The number of carbonyl (C=O) groups is 1. The monoisotopic (exact) mass is 385 g/mol. The Bertz CT molecular complexity index is 900. The van der Waals surface area contributed by atoms with E-state index in [4.69, 9.17) is 0 Å². The van der Waals surface area contributed by atoms with Crippen LogP contribution in [0.2, 0.25) is 0 Å². The Morgan fingerprint density at radius 1 is 1.12 bits per heavy atom. The van der Waals surface area contributed by atoms with Crippen molar-refractivity contribution in [1.29, 1.82) is 0 Å². The van der Waals surface area contributed by atoms with Crippen molar-refractivity contribution in [1.82, 2.24) is 14.5 Å². The second-order valence-electron chi connectivity index (χ2n) is 6.99. The third-order valence-corrected chi connectivity index (χ3v) is 5.86. The van der Waals surface area contributed by atoms with Gasteiger partial charge in [0.2, 0.25) is 0 Å². The van der Waals surface area contributed by atoms with Gasteiger partial charge in [-0.05, 0) is 52.3 Å². The number of halogens is 1. The molecule has 1 aliphatic carbocycles. The molecule has 0 spiro atoms. The van der Waals surface area contributed by atoms with E-state index in [-0.39, 0.29) is 24.4 Å². The Morgan fingerprint density at radius 2 is 1.92 bits per heavy atom. The number of aromatic nitrogens is 2. The number of rotatable bonds is 4. The molecule has 0 radical (unpaired) electrons. The van der Waals surface area contributed by atoms with Crippen LogP contribution >= 0.6 is 23.7 Å². The van der Waals surface area contributed by atoms with E-state index in [1.165, 1.54) is 24.0 Å². The summed E-state index contributed by atoms with van der Waals surface area (Å²) in [4.78, 5) is 19.4. The molecule has 1 fully saturated rings. The lowest BCUT2D eigenvalue weighted by atomic mass is 9.99. The minimum absolute atomic E-state index is 0. The number of thiophene rings is 1. The van der Waals surface area contributed by atoms with Crippen LogP contribution in [0.25, 0.3) is 11.1 Å². The van der Waals surface area contributed by atoms with E-state index in [2.05, 4.69) is 46.1 Å². The van der Waals surface area contributed by atoms with E-state index in [9.17, 15) is 4.79 Å². The topological polar surface area (TPSA) is 38.1 Å². The summed E-state index contributed by atoms with van der Waals surface area (Å²) in [6, 6.07) is 10.2. The minimum Gasteiger partial charge on any atom is -0.334 e. The summed E-state index contributed by atoms with van der Waals surface area (Å²) in [5.74, 6) is 0.890.